The van der Waals surface area contributed by atoms with E-state index in [4.69, 9.17) is 0 Å². The summed E-state index contributed by atoms with van der Waals surface area (Å²) < 4.78 is 3.21. The van der Waals surface area contributed by atoms with E-state index in [-0.39, 0.29) is 0 Å². The molecule has 0 aliphatic carbocycles. The first-order valence-electron chi connectivity index (χ1n) is 6.57. The Hall–Kier alpha value is -1.17. The molecule has 0 aliphatic rings. The van der Waals surface area contributed by atoms with Crippen molar-refractivity contribution >= 4 is 32.2 Å². The lowest BCUT2D eigenvalue weighted by Crippen LogP contribution is -2.30. The molecule has 104 valence electrons. The molecule has 3 nitrogen and oxygen atoms in total. The minimum atomic E-state index is 0.404. The number of hydrogen-bond donors (Lipinski definition) is 1. The Morgan fingerprint density at radius 2 is 2.10 bits per heavy atom. The summed E-state index contributed by atoms with van der Waals surface area (Å²) in [6.45, 7) is 0. The number of hydrogen-bond acceptors (Lipinski definition) is 3. The molecular formula is C15H16BrN3S. The van der Waals surface area contributed by atoms with Crippen molar-refractivity contribution in [1.29, 1.82) is 0 Å². The normalized spacial score (nSPS) is 12.9. The summed E-state index contributed by atoms with van der Waals surface area (Å²) in [5.74, 6) is 0. The van der Waals surface area contributed by atoms with Crippen LogP contribution in [0, 0.1) is 0 Å². The second-order valence-corrected chi connectivity index (χ2v) is 6.63. The highest BCUT2D eigenvalue weighted by atomic mass is 79.9. The van der Waals surface area contributed by atoms with Gasteiger partial charge < -0.3 is 5.32 Å². The molecule has 1 N–H and O–H groups in total. The lowest BCUT2D eigenvalue weighted by molar-refractivity contribution is 0.551. The molecule has 20 heavy (non-hydrogen) atoms. The minimum Gasteiger partial charge on any atom is -0.316 e. The number of fused-ring (bicyclic) bond motifs is 1. The van der Waals surface area contributed by atoms with Gasteiger partial charge in [0.15, 0.2) is 4.96 Å². The molecule has 3 aromatic rings. The number of halogens is 1. The number of nitrogens with one attached hydrogen (secondary N) is 1. The number of benzene rings is 1. The largest absolute Gasteiger partial charge is 0.316 e. The number of rotatable bonds is 5. The van der Waals surface area contributed by atoms with Crippen molar-refractivity contribution in [3.63, 3.8) is 0 Å². The molecule has 2 aromatic heterocycles. The van der Waals surface area contributed by atoms with Gasteiger partial charge in [-0.2, -0.15) is 0 Å². The van der Waals surface area contributed by atoms with E-state index in [9.17, 15) is 0 Å². The monoisotopic (exact) mass is 349 g/mol. The molecule has 1 unspecified atom stereocenters. The van der Waals surface area contributed by atoms with Crippen LogP contribution in [0.4, 0.5) is 0 Å². The van der Waals surface area contributed by atoms with Crippen molar-refractivity contribution < 1.29 is 0 Å². The van der Waals surface area contributed by atoms with Crippen molar-refractivity contribution in [2.24, 2.45) is 0 Å². The molecule has 1 atom stereocenters. The Morgan fingerprint density at radius 3 is 2.80 bits per heavy atom. The average molecular weight is 350 g/mol. The Labute approximate surface area is 130 Å². The summed E-state index contributed by atoms with van der Waals surface area (Å²) in [6, 6.07) is 8.92. The second-order valence-electron chi connectivity index (χ2n) is 4.85. The van der Waals surface area contributed by atoms with Gasteiger partial charge in [0, 0.05) is 34.7 Å². The zero-order valence-corrected chi connectivity index (χ0v) is 13.6. The van der Waals surface area contributed by atoms with E-state index >= 15 is 0 Å². The Morgan fingerprint density at radius 1 is 1.30 bits per heavy atom. The molecule has 1 aromatic carbocycles. The summed E-state index contributed by atoms with van der Waals surface area (Å²) in [6.07, 6.45) is 6.13. The van der Waals surface area contributed by atoms with Crippen LogP contribution < -0.4 is 5.32 Å². The predicted molar refractivity (Wildman–Crippen MR) is 87.5 cm³/mol. The first-order valence-corrected chi connectivity index (χ1v) is 8.24. The standard InChI is InChI=1S/C15H16BrN3S/c1-17-13(8-11-2-4-12(16)5-3-11)9-14-10-19-6-7-20-15(19)18-14/h2-7,10,13,17H,8-9H2,1H3. The van der Waals surface area contributed by atoms with Crippen LogP contribution in [0.5, 0.6) is 0 Å². The number of imidazole rings is 1. The molecular weight excluding hydrogens is 334 g/mol. The van der Waals surface area contributed by atoms with Crippen molar-refractivity contribution in [3.05, 3.63) is 57.8 Å². The summed E-state index contributed by atoms with van der Waals surface area (Å²) in [4.78, 5) is 5.72. The van der Waals surface area contributed by atoms with Crippen molar-refractivity contribution in [3.8, 4) is 0 Å². The van der Waals surface area contributed by atoms with E-state index in [1.165, 1.54) is 5.56 Å². The van der Waals surface area contributed by atoms with Crippen LogP contribution in [-0.4, -0.2) is 22.5 Å². The fourth-order valence-corrected chi connectivity index (χ4v) is 3.29. The highest BCUT2D eigenvalue weighted by molar-refractivity contribution is 9.10. The SMILES string of the molecule is CNC(Cc1ccc(Br)cc1)Cc1cn2ccsc2n1. The number of nitrogens with zero attached hydrogens (tertiary/aromatic N) is 2. The van der Waals surface area contributed by atoms with Gasteiger partial charge in [0.2, 0.25) is 0 Å². The van der Waals surface area contributed by atoms with Gasteiger partial charge in [-0.25, -0.2) is 4.98 Å². The first kappa shape index (κ1) is 13.8. The smallest absolute Gasteiger partial charge is 0.193 e. The van der Waals surface area contributed by atoms with E-state index in [2.05, 4.69) is 72.7 Å². The van der Waals surface area contributed by atoms with E-state index in [0.717, 1.165) is 28.0 Å². The Bertz CT molecular complexity index is 658. The summed E-state index contributed by atoms with van der Waals surface area (Å²) in [5.41, 5.74) is 2.49. The molecule has 0 bridgehead atoms. The van der Waals surface area contributed by atoms with Crippen molar-refractivity contribution in [2.45, 2.75) is 18.9 Å². The molecule has 0 radical (unpaired) electrons. The third kappa shape index (κ3) is 3.11. The van der Waals surface area contributed by atoms with E-state index in [1.54, 1.807) is 11.3 Å². The maximum Gasteiger partial charge on any atom is 0.193 e. The fraction of sp³-hybridized carbons (Fsp3) is 0.267. The first-order chi connectivity index (χ1) is 9.74. The maximum absolute atomic E-state index is 4.65. The molecule has 3 rings (SSSR count). The van der Waals surface area contributed by atoms with Gasteiger partial charge in [0.25, 0.3) is 0 Å². The van der Waals surface area contributed by atoms with Crippen LogP contribution in [0.2, 0.25) is 0 Å². The predicted octanol–water partition coefficient (Wildman–Crippen LogP) is 3.53. The van der Waals surface area contributed by atoms with Crippen LogP contribution in [-0.2, 0) is 12.8 Å². The van der Waals surface area contributed by atoms with E-state index in [0.29, 0.717) is 6.04 Å². The maximum atomic E-state index is 4.65. The van der Waals surface area contributed by atoms with Crippen LogP contribution >= 0.6 is 27.3 Å². The van der Waals surface area contributed by atoms with Gasteiger partial charge in [0.1, 0.15) is 0 Å². The van der Waals surface area contributed by atoms with Gasteiger partial charge in [0.05, 0.1) is 5.69 Å². The molecule has 0 spiro atoms. The minimum absolute atomic E-state index is 0.404. The quantitative estimate of drug-likeness (QED) is 0.763. The van der Waals surface area contributed by atoms with Gasteiger partial charge in [-0.15, -0.1) is 11.3 Å². The van der Waals surface area contributed by atoms with Crippen molar-refractivity contribution in [1.82, 2.24) is 14.7 Å². The zero-order valence-electron chi connectivity index (χ0n) is 11.2. The van der Waals surface area contributed by atoms with E-state index < -0.39 is 0 Å². The van der Waals surface area contributed by atoms with Gasteiger partial charge in [-0.05, 0) is 31.2 Å². The number of aromatic nitrogens is 2. The summed E-state index contributed by atoms with van der Waals surface area (Å²) in [5, 5.41) is 5.45. The van der Waals surface area contributed by atoms with Crippen LogP contribution in [0.25, 0.3) is 4.96 Å². The molecule has 0 aliphatic heterocycles. The number of likely N-dealkylation sites (N-methyl/N-ethyl adjacent to an activating group) is 1. The van der Waals surface area contributed by atoms with E-state index in [1.807, 2.05) is 7.05 Å². The molecule has 0 amide bonds. The average Bonchev–Trinajstić information content (AvgIpc) is 3.01. The summed E-state index contributed by atoms with van der Waals surface area (Å²) in [7, 11) is 2.02. The highest BCUT2D eigenvalue weighted by Crippen LogP contribution is 2.15. The number of thiazole rings is 1. The second kappa shape index (κ2) is 6.08. The molecule has 0 fully saturated rings. The molecule has 0 saturated heterocycles. The lowest BCUT2D eigenvalue weighted by atomic mass is 10.0. The zero-order chi connectivity index (χ0) is 13.9. The lowest BCUT2D eigenvalue weighted by Gasteiger charge is -2.15. The topological polar surface area (TPSA) is 29.3 Å². The molecule has 0 saturated carbocycles. The fourth-order valence-electron chi connectivity index (χ4n) is 2.31. The van der Waals surface area contributed by atoms with Gasteiger partial charge >= 0.3 is 0 Å². The van der Waals surface area contributed by atoms with Gasteiger partial charge in [-0.3, -0.25) is 4.40 Å². The molecule has 2 heterocycles. The van der Waals surface area contributed by atoms with Crippen LogP contribution in [0.3, 0.4) is 0 Å². The Kier molecular flexibility index (Phi) is 4.19. The van der Waals surface area contributed by atoms with Crippen LogP contribution in [0.1, 0.15) is 11.3 Å². The van der Waals surface area contributed by atoms with Gasteiger partial charge in [-0.1, -0.05) is 28.1 Å². The summed E-state index contributed by atoms with van der Waals surface area (Å²) >= 11 is 5.15. The molecule has 5 heteroatoms. The Balaban J connectivity index is 1.70. The van der Waals surface area contributed by atoms with Crippen LogP contribution in [0.15, 0.2) is 46.5 Å². The third-order valence-electron chi connectivity index (χ3n) is 3.40. The third-order valence-corrected chi connectivity index (χ3v) is 4.70. The van der Waals surface area contributed by atoms with Crippen molar-refractivity contribution in [2.75, 3.05) is 7.05 Å². The highest BCUT2D eigenvalue weighted by Gasteiger charge is 2.11.